The van der Waals surface area contributed by atoms with Crippen molar-refractivity contribution in [1.29, 1.82) is 0 Å². The number of primary sulfonamides is 1. The second kappa shape index (κ2) is 5.90. The van der Waals surface area contributed by atoms with Crippen LogP contribution in [0.15, 0.2) is 59.5 Å². The van der Waals surface area contributed by atoms with Gasteiger partial charge in [0, 0.05) is 11.8 Å². The van der Waals surface area contributed by atoms with Gasteiger partial charge in [0.1, 0.15) is 7.85 Å². The van der Waals surface area contributed by atoms with E-state index in [1.807, 2.05) is 30.3 Å². The second-order valence-corrected chi connectivity index (χ2v) is 6.54. The van der Waals surface area contributed by atoms with Crippen LogP contribution in [0.5, 0.6) is 0 Å². The largest absolute Gasteiger partial charge is 0.339 e. The molecule has 0 aliphatic rings. The SMILES string of the molecule is [B]c1ccc(-c2cc(Nc3ccc(S(N)(=O)=O)cc3)n[nH]2)cc1. The summed E-state index contributed by atoms with van der Waals surface area (Å²) in [6.07, 6.45) is 0. The maximum absolute atomic E-state index is 11.2. The molecule has 0 atom stereocenters. The highest BCUT2D eigenvalue weighted by atomic mass is 32.2. The van der Waals surface area contributed by atoms with E-state index in [0.717, 1.165) is 11.3 Å². The van der Waals surface area contributed by atoms with E-state index < -0.39 is 10.0 Å². The number of H-pyrrole nitrogens is 1. The number of sulfonamides is 1. The minimum atomic E-state index is -3.69. The van der Waals surface area contributed by atoms with Crippen molar-refractivity contribution in [3.05, 3.63) is 54.6 Å². The second-order valence-electron chi connectivity index (χ2n) is 4.98. The Morgan fingerprint density at radius 2 is 1.70 bits per heavy atom. The Bertz CT molecular complexity index is 919. The van der Waals surface area contributed by atoms with Crippen molar-refractivity contribution in [2.45, 2.75) is 4.90 Å². The summed E-state index contributed by atoms with van der Waals surface area (Å²) in [6.45, 7) is 0. The van der Waals surface area contributed by atoms with Crippen LogP contribution in [0.4, 0.5) is 11.5 Å². The molecule has 2 aromatic carbocycles. The number of anilines is 2. The molecule has 0 saturated heterocycles. The summed E-state index contributed by atoms with van der Waals surface area (Å²) < 4.78 is 22.4. The lowest BCUT2D eigenvalue weighted by atomic mass is 9.95. The Labute approximate surface area is 135 Å². The number of aromatic amines is 1. The molecular weight excluding hydrogens is 311 g/mol. The fraction of sp³-hybridized carbons (Fsp3) is 0. The molecule has 0 aliphatic carbocycles. The molecule has 23 heavy (non-hydrogen) atoms. The molecule has 2 radical (unpaired) electrons. The zero-order valence-corrected chi connectivity index (χ0v) is 12.8. The molecule has 114 valence electrons. The summed E-state index contributed by atoms with van der Waals surface area (Å²) in [6, 6.07) is 15.4. The number of hydrogen-bond acceptors (Lipinski definition) is 4. The van der Waals surface area contributed by atoms with Crippen LogP contribution in [0.1, 0.15) is 0 Å². The van der Waals surface area contributed by atoms with Gasteiger partial charge in [-0.3, -0.25) is 5.10 Å². The maximum atomic E-state index is 11.2. The summed E-state index contributed by atoms with van der Waals surface area (Å²) in [5, 5.41) is 15.2. The van der Waals surface area contributed by atoms with Gasteiger partial charge in [-0.25, -0.2) is 13.6 Å². The fourth-order valence-corrected chi connectivity index (χ4v) is 2.59. The number of nitrogens with zero attached hydrogens (tertiary/aromatic N) is 1. The van der Waals surface area contributed by atoms with E-state index in [4.69, 9.17) is 13.0 Å². The Hall–Kier alpha value is -2.58. The normalized spacial score (nSPS) is 11.3. The van der Waals surface area contributed by atoms with Crippen LogP contribution in [0.2, 0.25) is 0 Å². The number of aromatic nitrogens is 2. The zero-order valence-electron chi connectivity index (χ0n) is 12.0. The first-order valence-corrected chi connectivity index (χ1v) is 8.28. The van der Waals surface area contributed by atoms with Gasteiger partial charge in [-0.15, -0.1) is 0 Å². The highest BCUT2D eigenvalue weighted by Gasteiger charge is 2.08. The van der Waals surface area contributed by atoms with Gasteiger partial charge in [-0.2, -0.15) is 5.10 Å². The molecule has 0 saturated carbocycles. The summed E-state index contributed by atoms with van der Waals surface area (Å²) in [5.41, 5.74) is 3.20. The molecule has 0 spiro atoms. The first kappa shape index (κ1) is 15.3. The molecule has 3 rings (SSSR count). The van der Waals surface area contributed by atoms with E-state index in [-0.39, 0.29) is 4.90 Å². The molecule has 1 aromatic heterocycles. The first-order valence-electron chi connectivity index (χ1n) is 6.73. The van der Waals surface area contributed by atoms with E-state index in [1.54, 1.807) is 12.1 Å². The van der Waals surface area contributed by atoms with Crippen LogP contribution >= 0.6 is 0 Å². The zero-order chi connectivity index (χ0) is 16.4. The van der Waals surface area contributed by atoms with Crippen molar-refractivity contribution in [3.8, 4) is 11.3 Å². The van der Waals surface area contributed by atoms with E-state index in [9.17, 15) is 8.42 Å². The highest BCUT2D eigenvalue weighted by Crippen LogP contribution is 2.22. The minimum absolute atomic E-state index is 0.0626. The number of nitrogens with two attached hydrogens (primary N) is 1. The monoisotopic (exact) mass is 324 g/mol. The lowest BCUT2D eigenvalue weighted by Gasteiger charge is -2.03. The predicted molar refractivity (Wildman–Crippen MR) is 90.5 cm³/mol. The summed E-state index contributed by atoms with van der Waals surface area (Å²) in [5.74, 6) is 0.611. The van der Waals surface area contributed by atoms with Crippen LogP contribution in [0.25, 0.3) is 11.3 Å². The molecular formula is C15H13BN4O2S. The van der Waals surface area contributed by atoms with Gasteiger partial charge in [0.25, 0.3) is 0 Å². The van der Waals surface area contributed by atoms with Gasteiger partial charge in [0.2, 0.25) is 10.0 Å². The maximum Gasteiger partial charge on any atom is 0.238 e. The van der Waals surface area contributed by atoms with Crippen LogP contribution in [-0.2, 0) is 10.0 Å². The molecule has 0 amide bonds. The van der Waals surface area contributed by atoms with Crippen molar-refractivity contribution in [1.82, 2.24) is 10.2 Å². The average molecular weight is 324 g/mol. The predicted octanol–water partition coefficient (Wildman–Crippen LogP) is 1.26. The summed E-state index contributed by atoms with van der Waals surface area (Å²) >= 11 is 0. The lowest BCUT2D eigenvalue weighted by molar-refractivity contribution is 0.598. The topological polar surface area (TPSA) is 101 Å². The van der Waals surface area contributed by atoms with Crippen molar-refractivity contribution in [3.63, 3.8) is 0 Å². The van der Waals surface area contributed by atoms with E-state index in [1.165, 1.54) is 12.1 Å². The smallest absolute Gasteiger partial charge is 0.238 e. The first-order chi connectivity index (χ1) is 10.9. The molecule has 6 nitrogen and oxygen atoms in total. The summed E-state index contributed by atoms with van der Waals surface area (Å²) in [7, 11) is 1.98. The van der Waals surface area contributed by atoms with Crippen LogP contribution < -0.4 is 15.9 Å². The van der Waals surface area contributed by atoms with Crippen molar-refractivity contribution >= 4 is 34.8 Å². The minimum Gasteiger partial charge on any atom is -0.339 e. The molecule has 8 heteroatoms. The molecule has 1 heterocycles. The summed E-state index contributed by atoms with van der Waals surface area (Å²) in [4.78, 5) is 0.0626. The lowest BCUT2D eigenvalue weighted by Crippen LogP contribution is -2.11. The van der Waals surface area contributed by atoms with Crippen molar-refractivity contribution < 1.29 is 8.42 Å². The van der Waals surface area contributed by atoms with Gasteiger partial charge in [0.15, 0.2) is 5.82 Å². The third kappa shape index (κ3) is 3.61. The third-order valence-corrected chi connectivity index (χ3v) is 4.18. The molecule has 4 N–H and O–H groups in total. The van der Waals surface area contributed by atoms with Gasteiger partial charge < -0.3 is 5.32 Å². The van der Waals surface area contributed by atoms with Crippen LogP contribution in [-0.4, -0.2) is 26.5 Å². The Morgan fingerprint density at radius 1 is 1.04 bits per heavy atom. The Morgan fingerprint density at radius 3 is 2.30 bits per heavy atom. The van der Waals surface area contributed by atoms with Gasteiger partial charge in [0.05, 0.1) is 10.6 Å². The van der Waals surface area contributed by atoms with Gasteiger partial charge >= 0.3 is 0 Å². The van der Waals surface area contributed by atoms with Gasteiger partial charge in [-0.05, 0) is 29.8 Å². The van der Waals surface area contributed by atoms with Crippen LogP contribution in [0, 0.1) is 0 Å². The van der Waals surface area contributed by atoms with E-state index >= 15 is 0 Å². The fourth-order valence-electron chi connectivity index (χ4n) is 2.07. The molecule has 0 bridgehead atoms. The number of hydrogen-bond donors (Lipinski definition) is 3. The molecule has 3 aromatic rings. The average Bonchev–Trinajstić information content (AvgIpc) is 2.96. The molecule has 0 aliphatic heterocycles. The number of rotatable bonds is 4. The third-order valence-electron chi connectivity index (χ3n) is 3.25. The Kier molecular flexibility index (Phi) is 3.93. The molecule has 0 fully saturated rings. The van der Waals surface area contributed by atoms with E-state index in [0.29, 0.717) is 17.0 Å². The molecule has 0 unspecified atom stereocenters. The Balaban J connectivity index is 1.78. The highest BCUT2D eigenvalue weighted by molar-refractivity contribution is 7.89. The van der Waals surface area contributed by atoms with Crippen molar-refractivity contribution in [2.75, 3.05) is 5.32 Å². The van der Waals surface area contributed by atoms with Gasteiger partial charge in [-0.1, -0.05) is 29.7 Å². The number of benzene rings is 2. The van der Waals surface area contributed by atoms with Crippen molar-refractivity contribution in [2.24, 2.45) is 5.14 Å². The number of nitrogens with one attached hydrogen (secondary N) is 2. The van der Waals surface area contributed by atoms with E-state index in [2.05, 4.69) is 15.5 Å². The standard InChI is InChI=1S/C15H13BN4O2S/c16-11-3-1-10(2-4-11)14-9-15(20-19-14)18-12-5-7-13(8-6-12)23(17,21)22/h1-9H,(H2,17,21,22)(H2,18,19,20). The van der Waals surface area contributed by atoms with Crippen LogP contribution in [0.3, 0.4) is 0 Å². The quantitative estimate of drug-likeness (QED) is 0.629.